The average molecular weight is 306 g/mol. The highest BCUT2D eigenvalue weighted by molar-refractivity contribution is 5.97. The van der Waals surface area contributed by atoms with Gasteiger partial charge >= 0.3 is 11.9 Å². The predicted octanol–water partition coefficient (Wildman–Crippen LogP) is 3.29. The Morgan fingerprint density at radius 2 is 1.55 bits per heavy atom. The fraction of sp³-hybridized carbons (Fsp3) is 0.889. The van der Waals surface area contributed by atoms with Crippen molar-refractivity contribution < 1.29 is 19.1 Å². The van der Waals surface area contributed by atoms with Crippen LogP contribution < -0.4 is 0 Å². The van der Waals surface area contributed by atoms with Crippen LogP contribution in [-0.4, -0.2) is 17.7 Å². The third-order valence-electron chi connectivity index (χ3n) is 6.76. The molecule has 1 aliphatic heterocycles. The van der Waals surface area contributed by atoms with Crippen LogP contribution in [0.15, 0.2) is 0 Å². The second-order valence-corrected chi connectivity index (χ2v) is 8.53. The predicted molar refractivity (Wildman–Crippen MR) is 79.5 cm³/mol. The molecule has 3 unspecified atom stereocenters. The summed E-state index contributed by atoms with van der Waals surface area (Å²) in [6.45, 7) is 5.48. The van der Waals surface area contributed by atoms with Gasteiger partial charge in [-0.2, -0.15) is 0 Å². The second-order valence-electron chi connectivity index (χ2n) is 8.53. The van der Waals surface area contributed by atoms with Crippen LogP contribution in [0.1, 0.15) is 59.3 Å². The first-order chi connectivity index (χ1) is 10.3. The van der Waals surface area contributed by atoms with E-state index in [9.17, 15) is 9.59 Å². The lowest BCUT2D eigenvalue weighted by Crippen LogP contribution is -2.62. The lowest BCUT2D eigenvalue weighted by molar-refractivity contribution is -0.257. The van der Waals surface area contributed by atoms with Crippen LogP contribution in [0.3, 0.4) is 0 Å². The number of cyclic esters (lactones) is 2. The summed E-state index contributed by atoms with van der Waals surface area (Å²) >= 11 is 0. The molecule has 5 fully saturated rings. The van der Waals surface area contributed by atoms with Crippen molar-refractivity contribution >= 4 is 11.9 Å². The summed E-state index contributed by atoms with van der Waals surface area (Å²) in [5.74, 6) is 0.0292. The van der Waals surface area contributed by atoms with Gasteiger partial charge in [0.15, 0.2) is 5.92 Å². The van der Waals surface area contributed by atoms with Gasteiger partial charge in [0, 0.05) is 13.8 Å². The van der Waals surface area contributed by atoms with Crippen molar-refractivity contribution in [2.75, 3.05) is 0 Å². The van der Waals surface area contributed by atoms with E-state index in [4.69, 9.17) is 9.47 Å². The number of hydrogen-bond acceptors (Lipinski definition) is 4. The topological polar surface area (TPSA) is 52.6 Å². The van der Waals surface area contributed by atoms with E-state index < -0.39 is 11.7 Å². The van der Waals surface area contributed by atoms with Crippen molar-refractivity contribution in [3.63, 3.8) is 0 Å². The summed E-state index contributed by atoms with van der Waals surface area (Å²) in [6, 6.07) is 0. The zero-order valence-electron chi connectivity index (χ0n) is 13.8. The van der Waals surface area contributed by atoms with Crippen LogP contribution in [0.4, 0.5) is 0 Å². The van der Waals surface area contributed by atoms with E-state index in [0.717, 1.165) is 19.3 Å². The number of rotatable bonds is 2. The molecule has 0 radical (unpaired) electrons. The zero-order valence-corrected chi connectivity index (χ0v) is 13.8. The first-order valence-corrected chi connectivity index (χ1v) is 8.80. The molecule has 0 aromatic rings. The van der Waals surface area contributed by atoms with E-state index in [1.807, 2.05) is 0 Å². The molecule has 4 heteroatoms. The fourth-order valence-electron chi connectivity index (χ4n) is 6.59. The van der Waals surface area contributed by atoms with E-state index in [-0.39, 0.29) is 17.4 Å². The van der Waals surface area contributed by atoms with Gasteiger partial charge in [-0.05, 0) is 61.2 Å². The highest BCUT2D eigenvalue weighted by atomic mass is 16.7. The van der Waals surface area contributed by atoms with Crippen molar-refractivity contribution in [2.45, 2.75) is 65.1 Å². The van der Waals surface area contributed by atoms with Crippen LogP contribution in [-0.2, 0) is 19.1 Å². The maximum absolute atomic E-state index is 12.7. The van der Waals surface area contributed by atoms with E-state index in [0.29, 0.717) is 23.7 Å². The van der Waals surface area contributed by atoms with Crippen LogP contribution in [0.25, 0.3) is 0 Å². The van der Waals surface area contributed by atoms with E-state index in [1.165, 1.54) is 19.3 Å². The van der Waals surface area contributed by atoms with Crippen LogP contribution in [0.5, 0.6) is 0 Å². The first-order valence-electron chi connectivity index (χ1n) is 8.80. The maximum atomic E-state index is 12.7. The van der Waals surface area contributed by atoms with Crippen LogP contribution >= 0.6 is 0 Å². The summed E-state index contributed by atoms with van der Waals surface area (Å²) < 4.78 is 10.9. The number of hydrogen-bond donors (Lipinski definition) is 0. The highest BCUT2D eigenvalue weighted by Crippen LogP contribution is 2.67. The Morgan fingerprint density at radius 1 is 1.00 bits per heavy atom. The molecular weight excluding hydrogens is 280 g/mol. The molecule has 4 aliphatic carbocycles. The Balaban J connectivity index is 1.73. The number of esters is 2. The van der Waals surface area contributed by atoms with Gasteiger partial charge in [0.2, 0.25) is 0 Å². The molecule has 0 amide bonds. The molecule has 0 aromatic heterocycles. The average Bonchev–Trinajstić information content (AvgIpc) is 2.34. The van der Waals surface area contributed by atoms with Gasteiger partial charge in [0.25, 0.3) is 5.79 Å². The molecule has 4 bridgehead atoms. The molecule has 0 spiro atoms. The Labute approximate surface area is 131 Å². The smallest absolute Gasteiger partial charge is 0.324 e. The van der Waals surface area contributed by atoms with Crippen molar-refractivity contribution in [3.8, 4) is 0 Å². The molecule has 22 heavy (non-hydrogen) atoms. The van der Waals surface area contributed by atoms with Gasteiger partial charge in [-0.15, -0.1) is 0 Å². The minimum atomic E-state index is -1.12. The molecule has 122 valence electrons. The molecule has 0 N–H and O–H groups in total. The summed E-state index contributed by atoms with van der Waals surface area (Å²) in [7, 11) is 0. The molecule has 1 heterocycles. The van der Waals surface area contributed by atoms with Crippen LogP contribution in [0, 0.1) is 35.0 Å². The Kier molecular flexibility index (Phi) is 2.96. The second kappa shape index (κ2) is 4.48. The summed E-state index contributed by atoms with van der Waals surface area (Å²) in [5, 5.41) is 0. The SMILES string of the molecule is CCC1C2CC3CC(C2)CC1(C1C(=O)OC(C)(C)OC1=O)C3. The third-order valence-corrected chi connectivity index (χ3v) is 6.76. The van der Waals surface area contributed by atoms with Crippen molar-refractivity contribution in [3.05, 3.63) is 0 Å². The Morgan fingerprint density at radius 3 is 2.05 bits per heavy atom. The standard InChI is InChI=1S/C18H26O4/c1-4-13-12-6-10-5-11(7-12)9-18(13,8-10)14-15(19)21-17(2,3)22-16(14)20/h10-14H,4-9H2,1-3H3. The molecule has 5 aliphatic rings. The Bertz CT molecular complexity index is 489. The van der Waals surface area contributed by atoms with E-state index in [2.05, 4.69) is 6.92 Å². The molecule has 4 saturated carbocycles. The number of carbonyl (C=O) groups excluding carboxylic acids is 2. The Hall–Kier alpha value is -1.06. The van der Waals surface area contributed by atoms with Crippen LogP contribution in [0.2, 0.25) is 0 Å². The summed E-state index contributed by atoms with van der Waals surface area (Å²) in [6.07, 6.45) is 6.93. The number of carbonyl (C=O) groups is 2. The van der Waals surface area contributed by atoms with Gasteiger partial charge in [0.05, 0.1) is 0 Å². The lowest BCUT2D eigenvalue weighted by atomic mass is 9.41. The van der Waals surface area contributed by atoms with Crippen molar-refractivity contribution in [2.24, 2.45) is 35.0 Å². The minimum Gasteiger partial charge on any atom is -0.422 e. The molecular formula is C18H26O4. The summed E-state index contributed by atoms with van der Waals surface area (Å²) in [5.41, 5.74) is -0.200. The van der Waals surface area contributed by atoms with E-state index in [1.54, 1.807) is 13.8 Å². The van der Waals surface area contributed by atoms with Crippen molar-refractivity contribution in [1.29, 1.82) is 0 Å². The van der Waals surface area contributed by atoms with Gasteiger partial charge < -0.3 is 9.47 Å². The fourth-order valence-corrected chi connectivity index (χ4v) is 6.59. The summed E-state index contributed by atoms with van der Waals surface area (Å²) in [4.78, 5) is 25.3. The highest BCUT2D eigenvalue weighted by Gasteiger charge is 2.65. The monoisotopic (exact) mass is 306 g/mol. The molecule has 3 atom stereocenters. The molecule has 5 rings (SSSR count). The quantitative estimate of drug-likeness (QED) is 0.580. The largest absolute Gasteiger partial charge is 0.422 e. The van der Waals surface area contributed by atoms with Gasteiger partial charge in [-0.3, -0.25) is 9.59 Å². The zero-order chi connectivity index (χ0) is 15.7. The first kappa shape index (κ1) is 14.5. The minimum absolute atomic E-state index is 0.200. The van der Waals surface area contributed by atoms with E-state index >= 15 is 0 Å². The maximum Gasteiger partial charge on any atom is 0.324 e. The molecule has 1 saturated heterocycles. The van der Waals surface area contributed by atoms with Gasteiger partial charge in [-0.25, -0.2) is 0 Å². The number of ether oxygens (including phenoxy) is 2. The van der Waals surface area contributed by atoms with Gasteiger partial charge in [-0.1, -0.05) is 13.3 Å². The normalized spacial score (nSPS) is 46.5. The van der Waals surface area contributed by atoms with Crippen molar-refractivity contribution in [1.82, 2.24) is 0 Å². The molecule has 4 nitrogen and oxygen atoms in total. The third kappa shape index (κ3) is 1.88. The molecule has 0 aromatic carbocycles. The lowest BCUT2D eigenvalue weighted by Gasteiger charge is -2.63. The van der Waals surface area contributed by atoms with Gasteiger partial charge in [0.1, 0.15) is 0 Å².